The van der Waals surface area contributed by atoms with Gasteiger partial charge in [-0.15, -0.1) is 23.1 Å². The van der Waals surface area contributed by atoms with E-state index in [4.69, 9.17) is 16.3 Å². The Morgan fingerprint density at radius 1 is 1.04 bits per heavy atom. The van der Waals surface area contributed by atoms with Crippen molar-refractivity contribution >= 4 is 46.3 Å². The fourth-order valence-corrected chi connectivity index (χ4v) is 3.63. The standard InChI is InChI=1S/C18H14ClNO2S2/c19-13-3-7-15(8-4-13)22-16-9-5-14(6-10-16)20-17(21)12-24-18-2-1-11-23-18/h1-11H,12H2,(H,20,21). The second kappa shape index (κ2) is 8.24. The molecule has 3 rings (SSSR count). The number of rotatable bonds is 6. The van der Waals surface area contributed by atoms with E-state index < -0.39 is 0 Å². The highest BCUT2D eigenvalue weighted by molar-refractivity contribution is 8.01. The van der Waals surface area contributed by atoms with Gasteiger partial charge in [-0.25, -0.2) is 0 Å². The van der Waals surface area contributed by atoms with Crippen molar-refractivity contribution in [1.29, 1.82) is 0 Å². The Kier molecular flexibility index (Phi) is 5.80. The highest BCUT2D eigenvalue weighted by Gasteiger charge is 2.05. The topological polar surface area (TPSA) is 38.3 Å². The monoisotopic (exact) mass is 375 g/mol. The molecule has 1 amide bonds. The third kappa shape index (κ3) is 5.03. The second-order valence-corrected chi connectivity index (χ2v) is 7.51. The highest BCUT2D eigenvalue weighted by Crippen LogP contribution is 2.25. The number of thiophene rings is 1. The molecule has 1 aromatic heterocycles. The van der Waals surface area contributed by atoms with Gasteiger partial charge in [0.25, 0.3) is 0 Å². The van der Waals surface area contributed by atoms with Crippen molar-refractivity contribution in [3.8, 4) is 11.5 Å². The molecule has 6 heteroatoms. The highest BCUT2D eigenvalue weighted by atomic mass is 35.5. The molecule has 0 unspecified atom stereocenters. The lowest BCUT2D eigenvalue weighted by atomic mass is 10.3. The summed E-state index contributed by atoms with van der Waals surface area (Å²) >= 11 is 9.01. The van der Waals surface area contributed by atoms with Gasteiger partial charge in [0.05, 0.1) is 9.96 Å². The molecule has 0 radical (unpaired) electrons. The summed E-state index contributed by atoms with van der Waals surface area (Å²) in [4.78, 5) is 11.9. The Morgan fingerprint density at radius 3 is 2.33 bits per heavy atom. The van der Waals surface area contributed by atoms with Gasteiger partial charge in [-0.2, -0.15) is 0 Å². The first kappa shape index (κ1) is 16.9. The number of anilines is 1. The van der Waals surface area contributed by atoms with Gasteiger partial charge in [-0.05, 0) is 60.0 Å². The Bertz CT molecular complexity index is 787. The molecule has 3 aromatic rings. The zero-order valence-electron chi connectivity index (χ0n) is 12.6. The fourth-order valence-electron chi connectivity index (χ4n) is 1.92. The number of thioether (sulfide) groups is 1. The van der Waals surface area contributed by atoms with Crippen LogP contribution in [0.3, 0.4) is 0 Å². The molecule has 122 valence electrons. The molecule has 1 heterocycles. The van der Waals surface area contributed by atoms with E-state index in [1.807, 2.05) is 41.8 Å². The van der Waals surface area contributed by atoms with E-state index >= 15 is 0 Å². The van der Waals surface area contributed by atoms with E-state index in [1.165, 1.54) is 11.8 Å². The lowest BCUT2D eigenvalue weighted by Gasteiger charge is -2.08. The number of amides is 1. The van der Waals surface area contributed by atoms with Crippen LogP contribution in [0.25, 0.3) is 0 Å². The van der Waals surface area contributed by atoms with Crippen molar-refractivity contribution < 1.29 is 9.53 Å². The minimum Gasteiger partial charge on any atom is -0.457 e. The smallest absolute Gasteiger partial charge is 0.234 e. The van der Waals surface area contributed by atoms with Crippen LogP contribution in [0.1, 0.15) is 0 Å². The van der Waals surface area contributed by atoms with Crippen LogP contribution in [0.2, 0.25) is 5.02 Å². The molecule has 2 aromatic carbocycles. The molecule has 0 spiro atoms. The van der Waals surface area contributed by atoms with Gasteiger partial charge in [0, 0.05) is 10.7 Å². The van der Waals surface area contributed by atoms with E-state index in [9.17, 15) is 4.79 Å². The van der Waals surface area contributed by atoms with E-state index in [2.05, 4.69) is 5.32 Å². The molecule has 0 atom stereocenters. The van der Waals surface area contributed by atoms with Gasteiger partial charge in [0.2, 0.25) is 5.91 Å². The maximum Gasteiger partial charge on any atom is 0.234 e. The second-order valence-electron chi connectivity index (χ2n) is 4.85. The zero-order chi connectivity index (χ0) is 16.8. The predicted molar refractivity (Wildman–Crippen MR) is 102 cm³/mol. The Hall–Kier alpha value is -1.95. The first-order chi connectivity index (χ1) is 11.7. The SMILES string of the molecule is O=C(CSc1cccs1)Nc1ccc(Oc2ccc(Cl)cc2)cc1. The van der Waals surface area contributed by atoms with Gasteiger partial charge < -0.3 is 10.1 Å². The largest absolute Gasteiger partial charge is 0.457 e. The Balaban J connectivity index is 1.52. The van der Waals surface area contributed by atoms with E-state index in [0.29, 0.717) is 22.3 Å². The fraction of sp³-hybridized carbons (Fsp3) is 0.0556. The van der Waals surface area contributed by atoms with Crippen molar-refractivity contribution in [1.82, 2.24) is 0 Å². The number of hydrogen-bond donors (Lipinski definition) is 1. The number of carbonyl (C=O) groups is 1. The van der Waals surface area contributed by atoms with E-state index in [0.717, 1.165) is 9.90 Å². The minimum absolute atomic E-state index is 0.0280. The Morgan fingerprint density at radius 2 is 1.71 bits per heavy atom. The van der Waals surface area contributed by atoms with Crippen molar-refractivity contribution in [2.45, 2.75) is 4.21 Å². The van der Waals surface area contributed by atoms with Crippen molar-refractivity contribution in [3.63, 3.8) is 0 Å². The summed E-state index contributed by atoms with van der Waals surface area (Å²) in [6.07, 6.45) is 0. The van der Waals surface area contributed by atoms with Crippen LogP contribution in [0.15, 0.2) is 70.3 Å². The van der Waals surface area contributed by atoms with Crippen molar-refractivity contribution in [2.24, 2.45) is 0 Å². The normalized spacial score (nSPS) is 10.4. The average Bonchev–Trinajstić information content (AvgIpc) is 3.10. The van der Waals surface area contributed by atoms with Gasteiger partial charge in [-0.3, -0.25) is 4.79 Å². The molecule has 24 heavy (non-hydrogen) atoms. The average molecular weight is 376 g/mol. The number of halogens is 1. The number of hydrogen-bond acceptors (Lipinski definition) is 4. The van der Waals surface area contributed by atoms with Gasteiger partial charge in [-0.1, -0.05) is 17.7 Å². The van der Waals surface area contributed by atoms with Gasteiger partial charge >= 0.3 is 0 Å². The molecule has 0 bridgehead atoms. The molecule has 0 aliphatic carbocycles. The summed E-state index contributed by atoms with van der Waals surface area (Å²) in [7, 11) is 0. The summed E-state index contributed by atoms with van der Waals surface area (Å²) in [6.45, 7) is 0. The van der Waals surface area contributed by atoms with Crippen LogP contribution in [0.5, 0.6) is 11.5 Å². The number of ether oxygens (including phenoxy) is 1. The van der Waals surface area contributed by atoms with Crippen molar-refractivity contribution in [3.05, 3.63) is 71.1 Å². The van der Waals surface area contributed by atoms with Gasteiger partial charge in [0.15, 0.2) is 0 Å². The van der Waals surface area contributed by atoms with E-state index in [1.54, 1.807) is 35.6 Å². The molecular formula is C18H14ClNO2S2. The number of nitrogens with one attached hydrogen (secondary N) is 1. The van der Waals surface area contributed by atoms with Gasteiger partial charge in [0.1, 0.15) is 11.5 Å². The third-order valence-electron chi connectivity index (χ3n) is 3.03. The molecular weight excluding hydrogens is 362 g/mol. The Labute approximate surface area is 153 Å². The quantitative estimate of drug-likeness (QED) is 0.543. The van der Waals surface area contributed by atoms with Crippen LogP contribution in [-0.2, 0) is 4.79 Å². The van der Waals surface area contributed by atoms with Crippen molar-refractivity contribution in [2.75, 3.05) is 11.1 Å². The van der Waals surface area contributed by atoms with E-state index in [-0.39, 0.29) is 5.91 Å². The summed E-state index contributed by atoms with van der Waals surface area (Å²) in [6, 6.07) is 18.4. The summed E-state index contributed by atoms with van der Waals surface area (Å²) < 4.78 is 6.85. The van der Waals surface area contributed by atoms with Crippen LogP contribution < -0.4 is 10.1 Å². The molecule has 0 aliphatic rings. The summed E-state index contributed by atoms with van der Waals surface area (Å²) in [5.74, 6) is 1.77. The van der Waals surface area contributed by atoms with Crippen LogP contribution in [-0.4, -0.2) is 11.7 Å². The minimum atomic E-state index is -0.0280. The molecule has 0 fully saturated rings. The molecule has 3 nitrogen and oxygen atoms in total. The first-order valence-electron chi connectivity index (χ1n) is 7.19. The summed E-state index contributed by atoms with van der Waals surface area (Å²) in [5, 5.41) is 5.54. The molecule has 1 N–H and O–H groups in total. The van der Waals surface area contributed by atoms with Crippen LogP contribution in [0.4, 0.5) is 5.69 Å². The third-order valence-corrected chi connectivity index (χ3v) is 5.41. The van der Waals surface area contributed by atoms with Crippen LogP contribution in [0, 0.1) is 0 Å². The number of carbonyl (C=O) groups excluding carboxylic acids is 1. The maximum absolute atomic E-state index is 11.9. The molecule has 0 aliphatic heterocycles. The number of benzene rings is 2. The molecule has 0 saturated heterocycles. The first-order valence-corrected chi connectivity index (χ1v) is 9.43. The predicted octanol–water partition coefficient (Wildman–Crippen LogP) is 5.92. The zero-order valence-corrected chi connectivity index (χ0v) is 15.0. The molecule has 0 saturated carbocycles. The lowest BCUT2D eigenvalue weighted by Crippen LogP contribution is -2.13. The van der Waals surface area contributed by atoms with Crippen LogP contribution >= 0.6 is 34.7 Å². The maximum atomic E-state index is 11.9. The summed E-state index contributed by atoms with van der Waals surface area (Å²) in [5.41, 5.74) is 0.746. The lowest BCUT2D eigenvalue weighted by molar-refractivity contribution is -0.113.